The van der Waals surface area contributed by atoms with Crippen LogP contribution >= 0.6 is 0 Å². The van der Waals surface area contributed by atoms with Crippen LogP contribution < -0.4 is 4.74 Å². The van der Waals surface area contributed by atoms with Gasteiger partial charge in [0.2, 0.25) is 0 Å². The molecule has 1 fully saturated rings. The van der Waals surface area contributed by atoms with Crippen LogP contribution in [0.4, 0.5) is 0 Å². The third-order valence-corrected chi connectivity index (χ3v) is 7.49. The van der Waals surface area contributed by atoms with Crippen molar-refractivity contribution in [2.45, 2.75) is 59.3 Å². The number of ether oxygens (including phenoxy) is 1. The number of carbonyl (C=O) groups is 1. The molecule has 2 aromatic rings. The number of likely N-dealkylation sites (tertiary alicyclic amines) is 1. The molecular weight excluding hydrogens is 422 g/mol. The second-order valence-corrected chi connectivity index (χ2v) is 10.8. The second-order valence-electron chi connectivity index (χ2n) is 10.8. The van der Waals surface area contributed by atoms with E-state index in [1.165, 1.54) is 24.8 Å². The number of amides is 1. The van der Waals surface area contributed by atoms with E-state index in [2.05, 4.69) is 48.0 Å². The molecule has 1 saturated heterocycles. The van der Waals surface area contributed by atoms with Gasteiger partial charge in [0, 0.05) is 44.6 Å². The quantitative estimate of drug-likeness (QED) is 0.613. The van der Waals surface area contributed by atoms with Crippen molar-refractivity contribution in [3.8, 4) is 5.75 Å². The van der Waals surface area contributed by atoms with Gasteiger partial charge in [-0.3, -0.25) is 14.7 Å². The number of nitrogens with zero attached hydrogens (tertiary/aromatic N) is 3. The minimum atomic E-state index is 0.125. The molecule has 5 heteroatoms. The zero-order chi connectivity index (χ0) is 24.0. The molecule has 0 saturated carbocycles. The van der Waals surface area contributed by atoms with E-state index in [4.69, 9.17) is 4.74 Å². The smallest absolute Gasteiger partial charge is 0.255 e. The summed E-state index contributed by atoms with van der Waals surface area (Å²) in [6.07, 6.45) is 8.59. The van der Waals surface area contributed by atoms with Gasteiger partial charge in [0.25, 0.3) is 5.91 Å². The van der Waals surface area contributed by atoms with Crippen molar-refractivity contribution < 1.29 is 9.53 Å². The Morgan fingerprint density at radius 3 is 2.59 bits per heavy atom. The van der Waals surface area contributed by atoms with Crippen molar-refractivity contribution >= 4 is 5.91 Å². The number of piperidine rings is 1. The summed E-state index contributed by atoms with van der Waals surface area (Å²) in [7, 11) is 0. The van der Waals surface area contributed by atoms with Crippen LogP contribution in [0, 0.1) is 18.3 Å². The molecule has 1 aromatic carbocycles. The maximum Gasteiger partial charge on any atom is 0.255 e. The van der Waals surface area contributed by atoms with Gasteiger partial charge in [-0.15, -0.1) is 0 Å². The van der Waals surface area contributed by atoms with Gasteiger partial charge in [-0.05, 0) is 74.1 Å². The summed E-state index contributed by atoms with van der Waals surface area (Å²) in [5.74, 6) is 1.80. The molecule has 34 heavy (non-hydrogen) atoms. The lowest BCUT2D eigenvalue weighted by atomic mass is 9.73. The largest absolute Gasteiger partial charge is 0.492 e. The highest BCUT2D eigenvalue weighted by molar-refractivity contribution is 5.94. The van der Waals surface area contributed by atoms with E-state index in [0.29, 0.717) is 11.5 Å². The number of hydrogen-bond donors (Lipinski definition) is 0. The van der Waals surface area contributed by atoms with E-state index in [1.807, 2.05) is 24.0 Å². The Balaban J connectivity index is 1.46. The average molecular weight is 464 g/mol. The first-order valence-electron chi connectivity index (χ1n) is 13.1. The number of aromatic nitrogens is 1. The number of pyridine rings is 1. The molecule has 3 heterocycles. The monoisotopic (exact) mass is 463 g/mol. The number of para-hydroxylation sites is 1. The van der Waals surface area contributed by atoms with Crippen LogP contribution in [0.3, 0.4) is 0 Å². The van der Waals surface area contributed by atoms with Gasteiger partial charge in [-0.25, -0.2) is 0 Å². The summed E-state index contributed by atoms with van der Waals surface area (Å²) in [4.78, 5) is 22.1. The van der Waals surface area contributed by atoms with Gasteiger partial charge >= 0.3 is 0 Å². The Morgan fingerprint density at radius 1 is 1.06 bits per heavy atom. The van der Waals surface area contributed by atoms with Crippen LogP contribution in [0.5, 0.6) is 5.75 Å². The number of benzene rings is 1. The fourth-order valence-electron chi connectivity index (χ4n) is 5.63. The number of rotatable bonds is 3. The molecule has 1 aromatic heterocycles. The van der Waals surface area contributed by atoms with E-state index in [0.717, 1.165) is 70.0 Å². The van der Waals surface area contributed by atoms with Crippen molar-refractivity contribution in [1.82, 2.24) is 14.8 Å². The molecule has 184 valence electrons. The number of fused-ring (bicyclic) bond motifs is 1. The van der Waals surface area contributed by atoms with Crippen LogP contribution in [-0.2, 0) is 6.42 Å². The molecule has 1 amide bonds. The zero-order valence-electron chi connectivity index (χ0n) is 21.3. The zero-order valence-corrected chi connectivity index (χ0v) is 21.3. The Morgan fingerprint density at radius 2 is 1.85 bits per heavy atom. The number of hydrogen-bond acceptors (Lipinski definition) is 4. The van der Waals surface area contributed by atoms with E-state index < -0.39 is 0 Å². The molecule has 5 nitrogen and oxygen atoms in total. The summed E-state index contributed by atoms with van der Waals surface area (Å²) in [5, 5.41) is 0. The highest BCUT2D eigenvalue weighted by Crippen LogP contribution is 2.39. The molecule has 0 unspecified atom stereocenters. The van der Waals surface area contributed by atoms with Gasteiger partial charge < -0.3 is 9.64 Å². The van der Waals surface area contributed by atoms with Gasteiger partial charge in [-0.2, -0.15) is 0 Å². The third-order valence-electron chi connectivity index (χ3n) is 7.49. The molecule has 0 atom stereocenters. The molecule has 0 bridgehead atoms. The van der Waals surface area contributed by atoms with Crippen molar-refractivity contribution in [3.63, 3.8) is 0 Å². The highest BCUT2D eigenvalue weighted by atomic mass is 16.5. The first-order chi connectivity index (χ1) is 16.4. The van der Waals surface area contributed by atoms with Crippen molar-refractivity contribution in [3.05, 3.63) is 59.4 Å². The first kappa shape index (κ1) is 24.7. The Hall–Kier alpha value is -2.40. The molecule has 0 aliphatic carbocycles. The summed E-state index contributed by atoms with van der Waals surface area (Å²) in [5.41, 5.74) is 3.26. The van der Waals surface area contributed by atoms with Gasteiger partial charge in [0.05, 0.1) is 5.56 Å². The van der Waals surface area contributed by atoms with Crippen LogP contribution in [-0.4, -0.2) is 60.0 Å². The van der Waals surface area contributed by atoms with Crippen molar-refractivity contribution in [1.29, 1.82) is 0 Å². The maximum absolute atomic E-state index is 13.1. The van der Waals surface area contributed by atoms with Crippen LogP contribution in [0.1, 0.15) is 67.6 Å². The lowest BCUT2D eigenvalue weighted by Gasteiger charge is -2.45. The number of aryl methyl sites for hydroxylation is 2. The summed E-state index contributed by atoms with van der Waals surface area (Å²) in [6.45, 7) is 12.1. The summed E-state index contributed by atoms with van der Waals surface area (Å²) in [6, 6.07) is 12.4. The first-order valence-corrected chi connectivity index (χ1v) is 13.1. The Kier molecular flexibility index (Phi) is 8.25. The second kappa shape index (κ2) is 11.4. The minimum absolute atomic E-state index is 0.125. The fourth-order valence-corrected chi connectivity index (χ4v) is 5.63. The maximum atomic E-state index is 13.1. The van der Waals surface area contributed by atoms with Crippen LogP contribution in [0.2, 0.25) is 0 Å². The van der Waals surface area contributed by atoms with Gasteiger partial charge in [0.1, 0.15) is 12.4 Å². The third kappa shape index (κ3) is 6.38. The van der Waals surface area contributed by atoms with E-state index in [9.17, 15) is 4.79 Å². The lowest BCUT2D eigenvalue weighted by Crippen LogP contribution is -2.49. The average Bonchev–Trinajstić information content (AvgIpc) is 2.82. The molecule has 2 aliphatic rings. The van der Waals surface area contributed by atoms with Crippen molar-refractivity contribution in [2.24, 2.45) is 11.3 Å². The Labute approximate surface area is 205 Å². The molecule has 0 radical (unpaired) electrons. The predicted octanol–water partition coefficient (Wildman–Crippen LogP) is 5.38. The normalized spacial score (nSPS) is 19.7. The molecule has 4 rings (SSSR count). The van der Waals surface area contributed by atoms with Crippen LogP contribution in [0.25, 0.3) is 0 Å². The predicted molar refractivity (Wildman–Crippen MR) is 137 cm³/mol. The van der Waals surface area contributed by atoms with Crippen molar-refractivity contribution in [2.75, 3.05) is 39.3 Å². The topological polar surface area (TPSA) is 45.7 Å². The molecular formula is C29H41N3O2. The summed E-state index contributed by atoms with van der Waals surface area (Å²) < 4.78 is 6.25. The molecule has 0 N–H and O–H groups in total. The van der Waals surface area contributed by atoms with Gasteiger partial charge in [0.15, 0.2) is 0 Å². The molecule has 1 spiro atoms. The van der Waals surface area contributed by atoms with Crippen LogP contribution in [0.15, 0.2) is 42.6 Å². The standard InChI is InChI=1S/C29H41N3O2/c1-23(2)21-31-18-19-34-27-10-5-4-8-25(27)9-6-7-13-29(22-31)14-16-32(17-15-29)28(33)26-12-11-24(3)30-20-26/h4-5,8,10-12,20,23H,6-7,9,13-19,21-22H2,1-3H3. The van der Waals surface area contributed by atoms with E-state index >= 15 is 0 Å². The van der Waals surface area contributed by atoms with E-state index in [-0.39, 0.29) is 11.3 Å². The minimum Gasteiger partial charge on any atom is -0.492 e. The number of carbonyl (C=O) groups excluding carboxylic acids is 1. The highest BCUT2D eigenvalue weighted by Gasteiger charge is 2.37. The Bertz CT molecular complexity index is 933. The van der Waals surface area contributed by atoms with E-state index in [1.54, 1.807) is 6.20 Å². The van der Waals surface area contributed by atoms with Gasteiger partial charge in [-0.1, -0.05) is 38.5 Å². The summed E-state index contributed by atoms with van der Waals surface area (Å²) >= 11 is 0. The fraction of sp³-hybridized carbons (Fsp3) is 0.586. The lowest BCUT2D eigenvalue weighted by molar-refractivity contribution is 0.0354. The molecule has 2 aliphatic heterocycles. The SMILES string of the molecule is Cc1ccc(C(=O)N2CCC3(CCCCc4ccccc4OCCN(CC(C)C)C3)CC2)cn1.